The van der Waals surface area contributed by atoms with E-state index >= 15 is 0 Å². The molecule has 2 aliphatic rings. The van der Waals surface area contributed by atoms with E-state index in [0.717, 1.165) is 19.3 Å². The van der Waals surface area contributed by atoms with Gasteiger partial charge in [0.15, 0.2) is 0 Å². The second kappa shape index (κ2) is 3.34. The van der Waals surface area contributed by atoms with Gasteiger partial charge in [0.1, 0.15) is 0 Å². The fourth-order valence-electron chi connectivity index (χ4n) is 3.34. The summed E-state index contributed by atoms with van der Waals surface area (Å²) in [7, 11) is 1.96. The van der Waals surface area contributed by atoms with Gasteiger partial charge in [0.05, 0.1) is 18.0 Å². The van der Waals surface area contributed by atoms with E-state index in [9.17, 15) is 8.42 Å². The maximum Gasteiger partial charge on any atom is 0.233 e. The Bertz CT molecular complexity index is 361. The molecule has 0 amide bonds. The lowest BCUT2D eigenvalue weighted by molar-refractivity contribution is -0.0544. The van der Waals surface area contributed by atoms with Crippen LogP contribution in [0.5, 0.6) is 0 Å². The summed E-state index contributed by atoms with van der Waals surface area (Å²) in [6.45, 7) is 4.83. The van der Waals surface area contributed by atoms with Crippen LogP contribution in [0.3, 0.4) is 0 Å². The molecule has 0 N–H and O–H groups in total. The molecule has 1 aliphatic heterocycles. The SMILES string of the molecule is CCC1(CC)OCC2CC21CS(=O)(=O)Cl. The van der Waals surface area contributed by atoms with Gasteiger partial charge in [-0.05, 0) is 25.2 Å². The zero-order chi connectivity index (χ0) is 11.3. The van der Waals surface area contributed by atoms with Crippen LogP contribution in [0.25, 0.3) is 0 Å². The lowest BCUT2D eigenvalue weighted by Gasteiger charge is -2.35. The smallest absolute Gasteiger partial charge is 0.233 e. The van der Waals surface area contributed by atoms with Crippen molar-refractivity contribution in [2.45, 2.75) is 38.7 Å². The molecule has 1 aliphatic carbocycles. The molecule has 3 nitrogen and oxygen atoms in total. The van der Waals surface area contributed by atoms with Gasteiger partial charge in [-0.1, -0.05) is 13.8 Å². The van der Waals surface area contributed by atoms with Crippen molar-refractivity contribution in [2.24, 2.45) is 11.3 Å². The Labute approximate surface area is 95.6 Å². The molecule has 5 heteroatoms. The van der Waals surface area contributed by atoms with E-state index in [1.54, 1.807) is 0 Å². The second-order valence-electron chi connectivity index (χ2n) is 4.75. The lowest BCUT2D eigenvalue weighted by atomic mass is 9.81. The number of ether oxygens (including phenoxy) is 1. The van der Waals surface area contributed by atoms with E-state index < -0.39 is 9.05 Å². The minimum atomic E-state index is -3.42. The predicted molar refractivity (Wildman–Crippen MR) is 59.4 cm³/mol. The molecular formula is C10H17ClO3S. The molecule has 0 spiro atoms. The summed E-state index contributed by atoms with van der Waals surface area (Å²) in [4.78, 5) is 0. The standard InChI is InChI=1S/C10H17ClO3S/c1-3-10(4-2)9(7-15(11,12)13)5-8(9)6-14-10/h8H,3-7H2,1-2H3. The minimum Gasteiger partial charge on any atom is -0.374 e. The zero-order valence-electron chi connectivity index (χ0n) is 9.12. The van der Waals surface area contributed by atoms with Crippen molar-refractivity contribution in [3.05, 3.63) is 0 Å². The minimum absolute atomic E-state index is 0.0773. The van der Waals surface area contributed by atoms with Crippen LogP contribution in [-0.2, 0) is 13.8 Å². The molecule has 0 radical (unpaired) electrons. The molecule has 1 saturated carbocycles. The highest BCUT2D eigenvalue weighted by Crippen LogP contribution is 2.68. The Morgan fingerprint density at radius 2 is 2.00 bits per heavy atom. The highest BCUT2D eigenvalue weighted by Gasteiger charge is 2.71. The van der Waals surface area contributed by atoms with E-state index in [1.165, 1.54) is 0 Å². The first-order valence-electron chi connectivity index (χ1n) is 5.45. The summed E-state index contributed by atoms with van der Waals surface area (Å²) < 4.78 is 28.3. The molecule has 2 fully saturated rings. The van der Waals surface area contributed by atoms with Crippen LogP contribution < -0.4 is 0 Å². The van der Waals surface area contributed by atoms with E-state index in [2.05, 4.69) is 13.8 Å². The van der Waals surface area contributed by atoms with Crippen LogP contribution in [0.4, 0.5) is 0 Å². The van der Waals surface area contributed by atoms with Crippen molar-refractivity contribution in [1.29, 1.82) is 0 Å². The van der Waals surface area contributed by atoms with Gasteiger partial charge in [0.25, 0.3) is 0 Å². The van der Waals surface area contributed by atoms with Gasteiger partial charge in [-0.25, -0.2) is 8.42 Å². The second-order valence-corrected chi connectivity index (χ2v) is 7.53. The van der Waals surface area contributed by atoms with Crippen molar-refractivity contribution >= 4 is 19.7 Å². The molecule has 88 valence electrons. The lowest BCUT2D eigenvalue weighted by Crippen LogP contribution is -2.41. The summed E-state index contributed by atoms with van der Waals surface area (Å²) in [5.74, 6) is 0.486. The van der Waals surface area contributed by atoms with E-state index in [4.69, 9.17) is 15.4 Å². The number of hydrogen-bond donors (Lipinski definition) is 0. The Kier molecular flexibility index (Phi) is 2.60. The number of hydrogen-bond acceptors (Lipinski definition) is 3. The third-order valence-electron chi connectivity index (χ3n) is 4.27. The van der Waals surface area contributed by atoms with Crippen molar-refractivity contribution in [3.63, 3.8) is 0 Å². The zero-order valence-corrected chi connectivity index (χ0v) is 10.7. The Morgan fingerprint density at radius 1 is 1.40 bits per heavy atom. The molecule has 2 rings (SSSR count). The Balaban J connectivity index is 2.28. The molecule has 2 atom stereocenters. The maximum atomic E-state index is 11.2. The quantitative estimate of drug-likeness (QED) is 0.720. The molecule has 1 heterocycles. The normalized spacial score (nSPS) is 37.7. The van der Waals surface area contributed by atoms with Crippen molar-refractivity contribution in [3.8, 4) is 0 Å². The van der Waals surface area contributed by atoms with E-state index in [0.29, 0.717) is 12.5 Å². The van der Waals surface area contributed by atoms with Crippen LogP contribution in [0.1, 0.15) is 33.1 Å². The van der Waals surface area contributed by atoms with E-state index in [-0.39, 0.29) is 16.8 Å². The molecule has 0 aromatic heterocycles. The van der Waals surface area contributed by atoms with E-state index in [1.807, 2.05) is 0 Å². The Hall–Kier alpha value is 0.200. The van der Waals surface area contributed by atoms with Crippen molar-refractivity contribution in [1.82, 2.24) is 0 Å². The van der Waals surface area contributed by atoms with Crippen molar-refractivity contribution < 1.29 is 13.2 Å². The highest BCUT2D eigenvalue weighted by molar-refractivity contribution is 8.13. The van der Waals surface area contributed by atoms with Gasteiger partial charge in [-0.3, -0.25) is 0 Å². The van der Waals surface area contributed by atoms with Gasteiger partial charge in [0.2, 0.25) is 9.05 Å². The van der Waals surface area contributed by atoms with Crippen LogP contribution >= 0.6 is 10.7 Å². The average molecular weight is 253 g/mol. The van der Waals surface area contributed by atoms with Crippen LogP contribution in [0.2, 0.25) is 0 Å². The number of fused-ring (bicyclic) bond motifs is 1. The Morgan fingerprint density at radius 3 is 2.40 bits per heavy atom. The predicted octanol–water partition coefficient (Wildman–Crippen LogP) is 2.15. The van der Waals surface area contributed by atoms with Gasteiger partial charge in [0, 0.05) is 16.1 Å². The summed E-state index contributed by atoms with van der Waals surface area (Å²) in [6, 6.07) is 0. The monoisotopic (exact) mass is 252 g/mol. The summed E-state index contributed by atoms with van der Waals surface area (Å²) in [5, 5.41) is 0. The largest absolute Gasteiger partial charge is 0.374 e. The third kappa shape index (κ3) is 1.61. The molecule has 0 aromatic rings. The molecule has 0 aromatic carbocycles. The number of rotatable bonds is 4. The maximum absolute atomic E-state index is 11.2. The third-order valence-corrected chi connectivity index (χ3v) is 5.46. The number of halogens is 1. The summed E-state index contributed by atoms with van der Waals surface area (Å²) in [6.07, 6.45) is 2.69. The van der Waals surface area contributed by atoms with Crippen LogP contribution in [0.15, 0.2) is 0 Å². The van der Waals surface area contributed by atoms with Gasteiger partial charge >= 0.3 is 0 Å². The van der Waals surface area contributed by atoms with Gasteiger partial charge in [-0.15, -0.1) is 0 Å². The first-order chi connectivity index (χ1) is 6.89. The first-order valence-corrected chi connectivity index (χ1v) is 7.93. The fourth-order valence-corrected chi connectivity index (χ4v) is 5.15. The summed E-state index contributed by atoms with van der Waals surface area (Å²) in [5.41, 5.74) is -0.434. The first kappa shape index (κ1) is 11.7. The molecule has 15 heavy (non-hydrogen) atoms. The molecular weight excluding hydrogens is 236 g/mol. The van der Waals surface area contributed by atoms with Crippen LogP contribution in [-0.4, -0.2) is 26.4 Å². The fraction of sp³-hybridized carbons (Fsp3) is 1.00. The topological polar surface area (TPSA) is 43.4 Å². The highest BCUT2D eigenvalue weighted by atomic mass is 35.7. The molecule has 1 saturated heterocycles. The molecule has 0 bridgehead atoms. The van der Waals surface area contributed by atoms with Gasteiger partial charge < -0.3 is 4.74 Å². The average Bonchev–Trinajstić information content (AvgIpc) is 2.73. The van der Waals surface area contributed by atoms with Crippen LogP contribution in [0, 0.1) is 11.3 Å². The summed E-state index contributed by atoms with van der Waals surface area (Å²) >= 11 is 0. The van der Waals surface area contributed by atoms with Gasteiger partial charge in [-0.2, -0.15) is 0 Å². The van der Waals surface area contributed by atoms with Crippen molar-refractivity contribution in [2.75, 3.05) is 12.4 Å². The molecule has 2 unspecified atom stereocenters.